The van der Waals surface area contributed by atoms with Gasteiger partial charge in [0.2, 0.25) is 0 Å². The van der Waals surface area contributed by atoms with E-state index in [1.54, 1.807) is 103 Å². The van der Waals surface area contributed by atoms with Gasteiger partial charge in [-0.1, -0.05) is 106 Å². The van der Waals surface area contributed by atoms with E-state index in [1.165, 1.54) is 28.4 Å². The lowest BCUT2D eigenvalue weighted by Crippen LogP contribution is -2.16. The van der Waals surface area contributed by atoms with E-state index in [4.69, 9.17) is 29.2 Å². The molecular weight excluding hydrogens is 957 g/mol. The van der Waals surface area contributed by atoms with Gasteiger partial charge in [-0.2, -0.15) is 0 Å². The summed E-state index contributed by atoms with van der Waals surface area (Å²) in [6.45, 7) is 16.9. The fourth-order valence-electron chi connectivity index (χ4n) is 4.40. The van der Waals surface area contributed by atoms with E-state index in [0.717, 1.165) is 0 Å². The van der Waals surface area contributed by atoms with E-state index in [2.05, 4.69) is 51.8 Å². The number of esters is 8. The number of methoxy groups -OCH3 is 4. The average molecular weight is 1010 g/mol. The lowest BCUT2D eigenvalue weighted by atomic mass is 10.2. The van der Waals surface area contributed by atoms with Crippen molar-refractivity contribution < 1.29 is 96.1 Å². The Labute approximate surface area is 420 Å². The summed E-state index contributed by atoms with van der Waals surface area (Å²) in [5, 5.41) is 16.6. The standard InChI is InChI=1S/C17H14O4.C12H12O4.C11H10O4.C7H10O4.C6H8O4/c1-13(17(19)21-15-10-6-3-7-11-15)12-16(18)20-14-8-4-2-5-9-14;1-9(12(14)15-2)8-11(13)16-10-6-4-3-5-7-10;1-8(7-10(12)13)11(14)15-9-5-3-2-4-6-9;1-5(7(9)11-3)4-6(8)10-2;1-4(3-5(7)8)6(9)10-2/h2-11H,1,12H2;3-7H,1,8H2,2H3;2-6H,1,7H2,(H,12,13);1,4H2,2-3H3;1,3H2,2H3,(H,7,8). The summed E-state index contributed by atoms with van der Waals surface area (Å²) in [5.41, 5.74) is 0.0870. The minimum absolute atomic E-state index is 0.0415. The van der Waals surface area contributed by atoms with Crippen LogP contribution in [0.15, 0.2) is 182 Å². The second kappa shape index (κ2) is 36.3. The van der Waals surface area contributed by atoms with Crippen LogP contribution >= 0.6 is 0 Å². The first kappa shape index (κ1) is 63.3. The summed E-state index contributed by atoms with van der Waals surface area (Å²) in [4.78, 5) is 109. The Bertz CT molecular complexity index is 2550. The predicted octanol–water partition coefficient (Wildman–Crippen LogP) is 6.95. The minimum atomic E-state index is -1.11. The van der Waals surface area contributed by atoms with Crippen molar-refractivity contribution in [3.63, 3.8) is 0 Å². The summed E-state index contributed by atoms with van der Waals surface area (Å²) in [5.74, 6) is -5.40. The SMILES string of the molecule is C=C(CC(=O)O)C(=O)OC.C=C(CC(=O)O)C(=O)Oc1ccccc1.C=C(CC(=O)OC)C(=O)OC.C=C(CC(=O)Oc1ccccc1)C(=O)OC.C=C(CC(=O)Oc1ccccc1)C(=O)Oc1ccccc1. The number of carboxylic acids is 2. The largest absolute Gasteiger partial charge is 0.481 e. The fraction of sp³-hybridized carbons (Fsp3) is 0.170. The zero-order valence-electron chi connectivity index (χ0n) is 40.4. The minimum Gasteiger partial charge on any atom is -0.481 e. The Kier molecular flexibility index (Phi) is 31.5. The molecule has 73 heavy (non-hydrogen) atoms. The van der Waals surface area contributed by atoms with E-state index < -0.39 is 66.1 Å². The van der Waals surface area contributed by atoms with Gasteiger partial charge in [-0.05, 0) is 48.5 Å². The van der Waals surface area contributed by atoms with E-state index in [-0.39, 0.29) is 53.5 Å². The zero-order valence-corrected chi connectivity index (χ0v) is 40.4. The third kappa shape index (κ3) is 30.4. The maximum atomic E-state index is 11.8. The molecule has 2 N–H and O–H groups in total. The van der Waals surface area contributed by atoms with Gasteiger partial charge in [-0.3, -0.25) is 24.0 Å². The van der Waals surface area contributed by atoms with Gasteiger partial charge in [-0.15, -0.1) is 0 Å². The zero-order chi connectivity index (χ0) is 55.3. The number of carboxylic acid groups (broad SMARTS) is 2. The van der Waals surface area contributed by atoms with E-state index in [9.17, 15) is 47.9 Å². The highest BCUT2D eigenvalue weighted by molar-refractivity contribution is 5.96. The van der Waals surface area contributed by atoms with Crippen molar-refractivity contribution in [3.8, 4) is 23.0 Å². The first-order valence-corrected chi connectivity index (χ1v) is 20.8. The molecule has 20 nitrogen and oxygen atoms in total. The van der Waals surface area contributed by atoms with Gasteiger partial charge in [-0.25, -0.2) is 24.0 Å². The highest BCUT2D eigenvalue weighted by Gasteiger charge is 2.17. The first-order chi connectivity index (χ1) is 34.6. The number of para-hydroxylation sites is 4. The fourth-order valence-corrected chi connectivity index (χ4v) is 4.40. The quantitative estimate of drug-likeness (QED) is 0.0416. The molecule has 0 saturated carbocycles. The summed E-state index contributed by atoms with van der Waals surface area (Å²) in [6.07, 6.45) is -1.30. The number of ether oxygens (including phenoxy) is 8. The molecule has 0 heterocycles. The van der Waals surface area contributed by atoms with Crippen LogP contribution in [0, 0.1) is 0 Å². The lowest BCUT2D eigenvalue weighted by molar-refractivity contribution is -0.143. The van der Waals surface area contributed by atoms with Crippen molar-refractivity contribution in [2.45, 2.75) is 32.1 Å². The molecule has 0 atom stereocenters. The monoisotopic (exact) mass is 1010 g/mol. The molecule has 4 rings (SSSR count). The third-order valence-electron chi connectivity index (χ3n) is 7.89. The van der Waals surface area contributed by atoms with Gasteiger partial charge >= 0.3 is 59.7 Å². The van der Waals surface area contributed by atoms with Crippen LogP contribution in [0.1, 0.15) is 32.1 Å². The molecule has 0 aromatic heterocycles. The van der Waals surface area contributed by atoms with Gasteiger partial charge < -0.3 is 48.1 Å². The second-order valence-electron chi connectivity index (χ2n) is 13.7. The number of aliphatic carboxylic acids is 2. The molecule has 0 spiro atoms. The van der Waals surface area contributed by atoms with E-state index in [0.29, 0.717) is 23.0 Å². The van der Waals surface area contributed by atoms with Crippen molar-refractivity contribution in [1.29, 1.82) is 0 Å². The number of benzene rings is 4. The number of hydrogen-bond donors (Lipinski definition) is 2. The van der Waals surface area contributed by atoms with Crippen LogP contribution in [0.5, 0.6) is 23.0 Å². The van der Waals surface area contributed by atoms with Crippen molar-refractivity contribution in [3.05, 3.63) is 182 Å². The molecule has 0 amide bonds. The third-order valence-corrected chi connectivity index (χ3v) is 7.89. The van der Waals surface area contributed by atoms with Crippen molar-refractivity contribution in [1.82, 2.24) is 0 Å². The molecule has 0 unspecified atom stereocenters. The summed E-state index contributed by atoms with van der Waals surface area (Å²) in [7, 11) is 4.88. The molecule has 386 valence electrons. The Balaban J connectivity index is 0.000000912. The highest BCUT2D eigenvalue weighted by atomic mass is 16.6. The number of carbonyl (C=O) groups is 10. The molecular formula is C53H54O20. The van der Waals surface area contributed by atoms with Crippen molar-refractivity contribution in [2.75, 3.05) is 28.4 Å². The molecule has 20 heteroatoms. The van der Waals surface area contributed by atoms with Gasteiger partial charge in [0.1, 0.15) is 23.0 Å². The maximum absolute atomic E-state index is 11.8. The van der Waals surface area contributed by atoms with E-state index >= 15 is 0 Å². The molecule has 4 aromatic rings. The Morgan fingerprint density at radius 3 is 0.781 bits per heavy atom. The molecule has 0 aliphatic carbocycles. The Morgan fingerprint density at radius 1 is 0.315 bits per heavy atom. The maximum Gasteiger partial charge on any atom is 0.339 e. The van der Waals surface area contributed by atoms with Crippen molar-refractivity contribution >= 4 is 59.7 Å². The number of carbonyl (C=O) groups excluding carboxylic acids is 8. The lowest BCUT2D eigenvalue weighted by Gasteiger charge is -2.07. The first-order valence-electron chi connectivity index (χ1n) is 20.8. The molecule has 4 aromatic carbocycles. The predicted molar refractivity (Wildman–Crippen MR) is 260 cm³/mol. The van der Waals surface area contributed by atoms with Gasteiger partial charge in [0.05, 0.1) is 60.5 Å². The van der Waals surface area contributed by atoms with E-state index in [1.807, 2.05) is 18.2 Å². The van der Waals surface area contributed by atoms with Crippen LogP contribution < -0.4 is 18.9 Å². The van der Waals surface area contributed by atoms with Crippen LogP contribution in [-0.4, -0.2) is 98.3 Å². The topological polar surface area (TPSA) is 285 Å². The molecule has 0 aliphatic heterocycles. The summed E-state index contributed by atoms with van der Waals surface area (Å²) < 4.78 is 37.3. The van der Waals surface area contributed by atoms with Crippen molar-refractivity contribution in [2.24, 2.45) is 0 Å². The van der Waals surface area contributed by atoms with Gasteiger partial charge in [0.25, 0.3) is 0 Å². The van der Waals surface area contributed by atoms with Crippen LogP contribution in [0.25, 0.3) is 0 Å². The summed E-state index contributed by atoms with van der Waals surface area (Å²) in [6, 6.07) is 34.2. The van der Waals surface area contributed by atoms with Crippen LogP contribution in [0.2, 0.25) is 0 Å². The highest BCUT2D eigenvalue weighted by Crippen LogP contribution is 2.15. The van der Waals surface area contributed by atoms with Crippen LogP contribution in [0.4, 0.5) is 0 Å². The Morgan fingerprint density at radius 2 is 0.534 bits per heavy atom. The second-order valence-corrected chi connectivity index (χ2v) is 13.7. The molecule has 0 radical (unpaired) electrons. The molecule has 0 saturated heterocycles. The smallest absolute Gasteiger partial charge is 0.339 e. The molecule has 0 fully saturated rings. The van der Waals surface area contributed by atoms with Crippen LogP contribution in [0.3, 0.4) is 0 Å². The van der Waals surface area contributed by atoms with Gasteiger partial charge in [0.15, 0.2) is 0 Å². The Hall–Kier alpha value is -9.72. The number of rotatable bonds is 19. The average Bonchev–Trinajstić information content (AvgIpc) is 3.36. The molecule has 0 bridgehead atoms. The van der Waals surface area contributed by atoms with Gasteiger partial charge in [0, 0.05) is 27.9 Å². The number of hydrogen-bond acceptors (Lipinski definition) is 18. The normalized spacial score (nSPS) is 9.21. The summed E-state index contributed by atoms with van der Waals surface area (Å²) >= 11 is 0. The van der Waals surface area contributed by atoms with Crippen LogP contribution in [-0.2, 0) is 66.9 Å². The molecule has 0 aliphatic rings.